The zero-order valence-corrected chi connectivity index (χ0v) is 20.2. The Labute approximate surface area is 193 Å². The lowest BCUT2D eigenvalue weighted by atomic mass is 10.1. The molecule has 31 heavy (non-hydrogen) atoms. The molecule has 0 bridgehead atoms. The first kappa shape index (κ1) is 21.7. The van der Waals surface area contributed by atoms with Gasteiger partial charge >= 0.3 is 0 Å². The van der Waals surface area contributed by atoms with Crippen molar-refractivity contribution in [3.05, 3.63) is 52.2 Å². The second-order valence-electron chi connectivity index (χ2n) is 7.42. The van der Waals surface area contributed by atoms with E-state index >= 15 is 0 Å². The van der Waals surface area contributed by atoms with Crippen LogP contribution in [0.3, 0.4) is 0 Å². The van der Waals surface area contributed by atoms with Crippen LogP contribution in [0.4, 0.5) is 5.13 Å². The molecule has 4 aromatic rings. The highest BCUT2D eigenvalue weighted by molar-refractivity contribution is 7.99. The predicted molar refractivity (Wildman–Crippen MR) is 130 cm³/mol. The van der Waals surface area contributed by atoms with Crippen LogP contribution < -0.4 is 5.32 Å². The summed E-state index contributed by atoms with van der Waals surface area (Å²) in [6.45, 7) is 8.36. The van der Waals surface area contributed by atoms with Crippen LogP contribution in [0.25, 0.3) is 22.0 Å². The summed E-state index contributed by atoms with van der Waals surface area (Å²) in [5, 5.41) is 16.9. The van der Waals surface area contributed by atoms with Crippen molar-refractivity contribution < 1.29 is 4.79 Å². The molecule has 0 saturated carbocycles. The van der Waals surface area contributed by atoms with Crippen LogP contribution in [-0.2, 0) is 4.79 Å². The number of hydrogen-bond acceptors (Lipinski definition) is 7. The van der Waals surface area contributed by atoms with Gasteiger partial charge in [0.25, 0.3) is 0 Å². The fraction of sp³-hybridized carbons (Fsp3) is 0.273. The summed E-state index contributed by atoms with van der Waals surface area (Å²) in [7, 11) is 0. The van der Waals surface area contributed by atoms with Crippen LogP contribution in [0.15, 0.2) is 46.2 Å². The highest BCUT2D eigenvalue weighted by Crippen LogP contribution is 2.31. The number of carbonyl (C=O) groups excluding carboxylic acids is 1. The fourth-order valence-corrected chi connectivity index (χ4v) is 5.37. The SMILES string of the molecule is Cc1ccc(-c2csc(NC(=O)CSc3nnc(-c4cccs4)n3C(C)C)n2)cc1C. The number of thiazole rings is 1. The number of carbonyl (C=O) groups is 1. The third-order valence-electron chi connectivity index (χ3n) is 4.81. The molecule has 1 aromatic carbocycles. The van der Waals surface area contributed by atoms with Crippen molar-refractivity contribution in [2.75, 3.05) is 11.1 Å². The number of nitrogens with one attached hydrogen (secondary N) is 1. The first-order chi connectivity index (χ1) is 14.9. The molecule has 0 aliphatic rings. The number of aromatic nitrogens is 4. The van der Waals surface area contributed by atoms with Crippen molar-refractivity contribution in [3.63, 3.8) is 0 Å². The first-order valence-electron chi connectivity index (χ1n) is 9.87. The molecule has 160 valence electrons. The van der Waals surface area contributed by atoms with E-state index < -0.39 is 0 Å². The summed E-state index contributed by atoms with van der Waals surface area (Å²) < 4.78 is 2.07. The second-order valence-corrected chi connectivity index (χ2v) is 10.2. The normalized spacial score (nSPS) is 11.3. The van der Waals surface area contributed by atoms with E-state index in [0.29, 0.717) is 5.13 Å². The van der Waals surface area contributed by atoms with Crippen LogP contribution in [0.5, 0.6) is 0 Å². The van der Waals surface area contributed by atoms with Crippen molar-refractivity contribution in [3.8, 4) is 22.0 Å². The summed E-state index contributed by atoms with van der Waals surface area (Å²) in [6, 6.07) is 10.5. The molecule has 0 saturated heterocycles. The zero-order valence-electron chi connectivity index (χ0n) is 17.7. The summed E-state index contributed by atoms with van der Waals surface area (Å²) >= 11 is 4.45. The molecule has 0 spiro atoms. The van der Waals surface area contributed by atoms with Gasteiger partial charge in [-0.15, -0.1) is 32.9 Å². The Morgan fingerprint density at radius 3 is 2.71 bits per heavy atom. The smallest absolute Gasteiger partial charge is 0.236 e. The van der Waals surface area contributed by atoms with Gasteiger partial charge in [-0.25, -0.2) is 4.98 Å². The molecule has 1 N–H and O–H groups in total. The molecule has 3 aromatic heterocycles. The Balaban J connectivity index is 1.41. The quantitative estimate of drug-likeness (QED) is 0.333. The van der Waals surface area contributed by atoms with Gasteiger partial charge in [0, 0.05) is 17.0 Å². The van der Waals surface area contributed by atoms with Gasteiger partial charge in [0.2, 0.25) is 5.91 Å². The number of thiophene rings is 1. The van der Waals surface area contributed by atoms with E-state index in [1.165, 1.54) is 34.2 Å². The molecule has 9 heteroatoms. The van der Waals surface area contributed by atoms with E-state index in [-0.39, 0.29) is 17.7 Å². The molecule has 4 rings (SSSR count). The van der Waals surface area contributed by atoms with Gasteiger partial charge < -0.3 is 5.32 Å². The van der Waals surface area contributed by atoms with Crippen LogP contribution in [-0.4, -0.2) is 31.4 Å². The van der Waals surface area contributed by atoms with Gasteiger partial charge in [0.1, 0.15) is 0 Å². The van der Waals surface area contributed by atoms with Crippen LogP contribution >= 0.6 is 34.4 Å². The molecule has 0 atom stereocenters. The number of anilines is 1. The molecule has 0 radical (unpaired) electrons. The lowest BCUT2D eigenvalue weighted by Gasteiger charge is -2.12. The zero-order chi connectivity index (χ0) is 22.0. The van der Waals surface area contributed by atoms with Crippen molar-refractivity contribution >= 4 is 45.5 Å². The van der Waals surface area contributed by atoms with E-state index in [4.69, 9.17) is 0 Å². The lowest BCUT2D eigenvalue weighted by Crippen LogP contribution is -2.15. The molecule has 0 aliphatic carbocycles. The van der Waals surface area contributed by atoms with E-state index in [1.54, 1.807) is 11.3 Å². The van der Waals surface area contributed by atoms with Crippen molar-refractivity contribution in [2.45, 2.75) is 38.9 Å². The Hall–Kier alpha value is -2.49. The topological polar surface area (TPSA) is 72.7 Å². The molecular weight excluding hydrogens is 446 g/mol. The average Bonchev–Trinajstić information content (AvgIpc) is 3.48. The van der Waals surface area contributed by atoms with E-state index in [0.717, 1.165) is 27.1 Å². The third kappa shape index (κ3) is 4.89. The van der Waals surface area contributed by atoms with Gasteiger partial charge in [0.05, 0.1) is 16.3 Å². The fourth-order valence-electron chi connectivity index (χ4n) is 3.06. The van der Waals surface area contributed by atoms with Crippen LogP contribution in [0.1, 0.15) is 31.0 Å². The Kier molecular flexibility index (Phi) is 6.54. The molecule has 6 nitrogen and oxygen atoms in total. The number of amides is 1. The number of aryl methyl sites for hydroxylation is 2. The van der Waals surface area contributed by atoms with E-state index in [9.17, 15) is 4.79 Å². The average molecular weight is 470 g/mol. The summed E-state index contributed by atoms with van der Waals surface area (Å²) in [4.78, 5) is 18.2. The molecule has 3 heterocycles. The maximum atomic E-state index is 12.5. The summed E-state index contributed by atoms with van der Waals surface area (Å²) in [5.74, 6) is 0.973. The minimum Gasteiger partial charge on any atom is -0.301 e. The van der Waals surface area contributed by atoms with Crippen LogP contribution in [0.2, 0.25) is 0 Å². The Bertz CT molecular complexity index is 1190. The minimum absolute atomic E-state index is 0.109. The van der Waals surface area contributed by atoms with E-state index in [1.807, 2.05) is 22.9 Å². The summed E-state index contributed by atoms with van der Waals surface area (Å²) in [6.07, 6.45) is 0. The Morgan fingerprint density at radius 1 is 1.16 bits per heavy atom. The van der Waals surface area contributed by atoms with Gasteiger partial charge in [-0.05, 0) is 56.3 Å². The summed E-state index contributed by atoms with van der Waals surface area (Å²) in [5.41, 5.74) is 4.40. The number of rotatable bonds is 7. The number of hydrogen-bond donors (Lipinski definition) is 1. The van der Waals surface area contributed by atoms with Crippen LogP contribution in [0, 0.1) is 13.8 Å². The van der Waals surface area contributed by atoms with Crippen molar-refractivity contribution in [1.29, 1.82) is 0 Å². The largest absolute Gasteiger partial charge is 0.301 e. The predicted octanol–water partition coefficient (Wildman–Crippen LogP) is 6.06. The monoisotopic (exact) mass is 469 g/mol. The van der Waals surface area contributed by atoms with E-state index in [2.05, 4.69) is 71.0 Å². The molecule has 0 fully saturated rings. The molecule has 0 unspecified atom stereocenters. The maximum Gasteiger partial charge on any atom is 0.236 e. The lowest BCUT2D eigenvalue weighted by molar-refractivity contribution is -0.113. The number of thioether (sulfide) groups is 1. The molecule has 0 aliphatic heterocycles. The van der Waals surface area contributed by atoms with Gasteiger partial charge in [-0.1, -0.05) is 30.0 Å². The van der Waals surface area contributed by atoms with Gasteiger partial charge in [0.15, 0.2) is 16.1 Å². The standard InChI is InChI=1S/C22H23N5OS3/c1-13(2)27-20(18-6-5-9-29-18)25-26-22(27)31-12-19(28)24-21-23-17(11-30-21)16-8-7-14(3)15(4)10-16/h5-11,13H,12H2,1-4H3,(H,23,24,28). The highest BCUT2D eigenvalue weighted by atomic mass is 32.2. The van der Waals surface area contributed by atoms with Gasteiger partial charge in [-0.3, -0.25) is 9.36 Å². The minimum atomic E-state index is -0.109. The van der Waals surface area contributed by atoms with Crippen molar-refractivity contribution in [2.24, 2.45) is 0 Å². The third-order valence-corrected chi connectivity index (χ3v) is 7.37. The maximum absolute atomic E-state index is 12.5. The molecular formula is C22H23N5OS3. The Morgan fingerprint density at radius 2 is 2.00 bits per heavy atom. The number of nitrogens with zero attached hydrogens (tertiary/aromatic N) is 4. The van der Waals surface area contributed by atoms with Gasteiger partial charge in [-0.2, -0.15) is 0 Å². The molecule has 1 amide bonds. The number of benzene rings is 1. The highest BCUT2D eigenvalue weighted by Gasteiger charge is 2.18. The first-order valence-corrected chi connectivity index (χ1v) is 12.6. The second kappa shape index (κ2) is 9.33. The van der Waals surface area contributed by atoms with Crippen molar-refractivity contribution in [1.82, 2.24) is 19.7 Å².